The van der Waals surface area contributed by atoms with Crippen LogP contribution in [0.15, 0.2) is 42.6 Å². The van der Waals surface area contributed by atoms with Crippen LogP contribution in [0.5, 0.6) is 0 Å². The quantitative estimate of drug-likeness (QED) is 0.735. The summed E-state index contributed by atoms with van der Waals surface area (Å²) in [5, 5.41) is 9.42. The molecular formula is C23H26F3N5. The molecule has 2 aliphatic heterocycles. The Bertz CT molecular complexity index is 917. The van der Waals surface area contributed by atoms with Crippen molar-refractivity contribution in [3.8, 4) is 6.07 Å². The molecule has 0 bridgehead atoms. The largest absolute Gasteiger partial charge is 0.416 e. The topological polar surface area (TPSA) is 46.4 Å². The third-order valence-corrected chi connectivity index (χ3v) is 6.17. The van der Waals surface area contributed by atoms with Crippen molar-refractivity contribution in [2.45, 2.75) is 19.0 Å². The Hall–Kier alpha value is -2.79. The fourth-order valence-electron chi connectivity index (χ4n) is 4.58. The predicted octanol–water partition coefficient (Wildman–Crippen LogP) is 4.01. The van der Waals surface area contributed by atoms with Crippen molar-refractivity contribution in [3.05, 3.63) is 53.7 Å². The van der Waals surface area contributed by atoms with Gasteiger partial charge in [-0.15, -0.1) is 0 Å². The molecule has 164 valence electrons. The molecule has 0 amide bonds. The van der Waals surface area contributed by atoms with Crippen LogP contribution in [0.1, 0.15) is 24.0 Å². The highest BCUT2D eigenvalue weighted by Crippen LogP contribution is 2.34. The first-order valence-corrected chi connectivity index (χ1v) is 10.7. The third kappa shape index (κ3) is 5.10. The number of piperazine rings is 1. The van der Waals surface area contributed by atoms with Crippen LogP contribution in [-0.2, 0) is 6.18 Å². The van der Waals surface area contributed by atoms with Crippen molar-refractivity contribution in [1.29, 1.82) is 5.26 Å². The maximum Gasteiger partial charge on any atom is 0.416 e. The van der Waals surface area contributed by atoms with E-state index in [9.17, 15) is 18.4 Å². The summed E-state index contributed by atoms with van der Waals surface area (Å²) in [6.07, 6.45) is -0.551. The number of pyridine rings is 1. The molecule has 0 saturated carbocycles. The van der Waals surface area contributed by atoms with Gasteiger partial charge in [-0.1, -0.05) is 6.07 Å². The summed E-state index contributed by atoms with van der Waals surface area (Å²) >= 11 is 0. The van der Waals surface area contributed by atoms with Crippen LogP contribution in [0.4, 0.5) is 24.7 Å². The van der Waals surface area contributed by atoms with Gasteiger partial charge in [-0.3, -0.25) is 4.90 Å². The van der Waals surface area contributed by atoms with E-state index < -0.39 is 11.7 Å². The number of hydrogen-bond donors (Lipinski definition) is 0. The molecule has 8 heteroatoms. The lowest BCUT2D eigenvalue weighted by Crippen LogP contribution is -2.50. The second-order valence-corrected chi connectivity index (χ2v) is 8.27. The Morgan fingerprint density at radius 3 is 2.52 bits per heavy atom. The summed E-state index contributed by atoms with van der Waals surface area (Å²) in [5.74, 6) is 1.45. The van der Waals surface area contributed by atoms with Crippen LogP contribution >= 0.6 is 0 Å². The van der Waals surface area contributed by atoms with E-state index in [1.807, 2.05) is 30.5 Å². The van der Waals surface area contributed by atoms with E-state index in [0.29, 0.717) is 11.6 Å². The van der Waals surface area contributed by atoms with Gasteiger partial charge in [0.2, 0.25) is 0 Å². The molecule has 4 rings (SSSR count). The predicted molar refractivity (Wildman–Crippen MR) is 114 cm³/mol. The van der Waals surface area contributed by atoms with Gasteiger partial charge >= 0.3 is 6.18 Å². The highest BCUT2D eigenvalue weighted by molar-refractivity contribution is 5.61. The fourth-order valence-corrected chi connectivity index (χ4v) is 4.58. The summed E-state index contributed by atoms with van der Waals surface area (Å²) < 4.78 is 39.0. The fraction of sp³-hybridized carbons (Fsp3) is 0.478. The summed E-state index contributed by atoms with van der Waals surface area (Å²) in [6.45, 7) is 6.31. The molecule has 1 aromatic carbocycles. The first kappa shape index (κ1) is 21.4. The van der Waals surface area contributed by atoms with Crippen LogP contribution in [0, 0.1) is 17.2 Å². The zero-order valence-electron chi connectivity index (χ0n) is 17.4. The molecule has 0 radical (unpaired) electrons. The lowest BCUT2D eigenvalue weighted by molar-refractivity contribution is -0.137. The molecule has 5 nitrogen and oxygen atoms in total. The Labute approximate surface area is 180 Å². The van der Waals surface area contributed by atoms with Crippen LogP contribution in [-0.4, -0.2) is 55.7 Å². The molecule has 0 spiro atoms. The summed E-state index contributed by atoms with van der Waals surface area (Å²) in [4.78, 5) is 11.3. The number of halogens is 3. The normalized spacial score (nSPS) is 20.5. The third-order valence-electron chi connectivity index (χ3n) is 6.17. The van der Waals surface area contributed by atoms with Crippen LogP contribution in [0.3, 0.4) is 0 Å². The number of alkyl halides is 3. The minimum Gasteiger partial charge on any atom is -0.370 e. The summed E-state index contributed by atoms with van der Waals surface area (Å²) in [5.41, 5.74) is -0.0632. The maximum absolute atomic E-state index is 13.0. The standard InChI is InChI=1S/C23H26F3N5/c24-23(25,26)20-6-7-21(19(14-20)15-27)31-9-3-4-18(17-31)16-29-10-12-30(13-11-29)22-5-1-2-8-28-22/h1-2,5-8,14,18H,3-4,9-13,16-17H2. The minimum absolute atomic E-state index is 0.0967. The highest BCUT2D eigenvalue weighted by atomic mass is 19.4. The second kappa shape index (κ2) is 9.15. The van der Waals surface area contributed by atoms with Gasteiger partial charge in [0.05, 0.1) is 16.8 Å². The number of piperidine rings is 1. The van der Waals surface area contributed by atoms with Crippen molar-refractivity contribution < 1.29 is 13.2 Å². The zero-order valence-corrected chi connectivity index (χ0v) is 17.4. The first-order chi connectivity index (χ1) is 14.9. The molecule has 1 aromatic heterocycles. The Kier molecular flexibility index (Phi) is 6.33. The van der Waals surface area contributed by atoms with Gasteiger partial charge < -0.3 is 9.80 Å². The molecule has 3 heterocycles. The van der Waals surface area contributed by atoms with Gasteiger partial charge in [0.15, 0.2) is 0 Å². The lowest BCUT2D eigenvalue weighted by Gasteiger charge is -2.40. The Morgan fingerprint density at radius 1 is 1.03 bits per heavy atom. The monoisotopic (exact) mass is 429 g/mol. The van der Waals surface area contributed by atoms with Crippen molar-refractivity contribution >= 4 is 11.5 Å². The van der Waals surface area contributed by atoms with E-state index in [2.05, 4.69) is 19.7 Å². The minimum atomic E-state index is -4.44. The molecule has 2 fully saturated rings. The van der Waals surface area contributed by atoms with Gasteiger partial charge in [-0.2, -0.15) is 18.4 Å². The van der Waals surface area contributed by atoms with E-state index in [0.717, 1.165) is 76.6 Å². The molecular weight excluding hydrogens is 403 g/mol. The van der Waals surface area contributed by atoms with Crippen molar-refractivity contribution in [2.75, 3.05) is 55.6 Å². The van der Waals surface area contributed by atoms with E-state index >= 15 is 0 Å². The molecule has 2 aliphatic rings. The van der Waals surface area contributed by atoms with E-state index in [-0.39, 0.29) is 5.56 Å². The number of nitrogens with zero attached hydrogens (tertiary/aromatic N) is 5. The van der Waals surface area contributed by atoms with E-state index in [4.69, 9.17) is 0 Å². The number of benzene rings is 1. The molecule has 0 aliphatic carbocycles. The maximum atomic E-state index is 13.0. The second-order valence-electron chi connectivity index (χ2n) is 8.27. The molecule has 31 heavy (non-hydrogen) atoms. The Morgan fingerprint density at radius 2 is 1.84 bits per heavy atom. The number of hydrogen-bond acceptors (Lipinski definition) is 5. The van der Waals surface area contributed by atoms with Gasteiger partial charge in [-0.25, -0.2) is 4.98 Å². The molecule has 1 atom stereocenters. The molecule has 2 aromatic rings. The first-order valence-electron chi connectivity index (χ1n) is 10.7. The number of nitriles is 1. The van der Waals surface area contributed by atoms with Crippen LogP contribution < -0.4 is 9.80 Å². The number of aromatic nitrogens is 1. The SMILES string of the molecule is N#Cc1cc(C(F)(F)F)ccc1N1CCCC(CN2CCN(c3ccccn3)CC2)C1. The number of rotatable bonds is 4. The van der Waals surface area contributed by atoms with Gasteiger partial charge in [0.25, 0.3) is 0 Å². The van der Waals surface area contributed by atoms with Crippen molar-refractivity contribution in [2.24, 2.45) is 5.92 Å². The van der Waals surface area contributed by atoms with E-state index in [1.54, 1.807) is 0 Å². The molecule has 2 saturated heterocycles. The zero-order chi connectivity index (χ0) is 21.8. The van der Waals surface area contributed by atoms with Crippen molar-refractivity contribution in [1.82, 2.24) is 9.88 Å². The average molecular weight is 429 g/mol. The van der Waals surface area contributed by atoms with Gasteiger partial charge in [0, 0.05) is 52.0 Å². The average Bonchev–Trinajstić information content (AvgIpc) is 2.79. The lowest BCUT2D eigenvalue weighted by atomic mass is 9.95. The molecule has 0 N–H and O–H groups in total. The van der Waals surface area contributed by atoms with Gasteiger partial charge in [-0.05, 0) is 49.1 Å². The van der Waals surface area contributed by atoms with Crippen molar-refractivity contribution in [3.63, 3.8) is 0 Å². The smallest absolute Gasteiger partial charge is 0.370 e. The number of anilines is 2. The summed E-state index contributed by atoms with van der Waals surface area (Å²) in [7, 11) is 0. The Balaban J connectivity index is 1.36. The molecule has 1 unspecified atom stereocenters. The van der Waals surface area contributed by atoms with Gasteiger partial charge in [0.1, 0.15) is 11.9 Å². The van der Waals surface area contributed by atoms with E-state index in [1.165, 1.54) is 6.07 Å². The van der Waals surface area contributed by atoms with Crippen LogP contribution in [0.2, 0.25) is 0 Å². The summed E-state index contributed by atoms with van der Waals surface area (Å²) in [6, 6.07) is 11.4. The van der Waals surface area contributed by atoms with Crippen LogP contribution in [0.25, 0.3) is 0 Å². The highest BCUT2D eigenvalue weighted by Gasteiger charge is 2.32.